The van der Waals surface area contributed by atoms with Gasteiger partial charge in [-0.05, 0) is 19.6 Å². The standard InChI is InChI=1S/C13H22N2O2S/c1-7-18-13(5,6)11(16)14-10-8-9(17-15-10)12(2,3)4/h8H,7H2,1-6H3,(H,14,15,16). The van der Waals surface area contributed by atoms with Crippen molar-refractivity contribution in [3.05, 3.63) is 11.8 Å². The predicted octanol–water partition coefficient (Wildman–Crippen LogP) is 3.44. The van der Waals surface area contributed by atoms with Gasteiger partial charge in [0.1, 0.15) is 5.76 Å². The number of rotatable bonds is 4. The molecule has 1 aromatic rings. The number of carbonyl (C=O) groups excluding carboxylic acids is 1. The summed E-state index contributed by atoms with van der Waals surface area (Å²) in [5.74, 6) is 2.09. The maximum Gasteiger partial charge on any atom is 0.241 e. The van der Waals surface area contributed by atoms with Crippen LogP contribution in [0.25, 0.3) is 0 Å². The molecule has 0 aliphatic rings. The molecule has 0 unspecified atom stereocenters. The van der Waals surface area contributed by atoms with Crippen molar-refractivity contribution in [2.24, 2.45) is 0 Å². The zero-order chi connectivity index (χ0) is 14.0. The van der Waals surface area contributed by atoms with Gasteiger partial charge in [0.2, 0.25) is 5.91 Å². The van der Waals surface area contributed by atoms with Crippen LogP contribution in [0.15, 0.2) is 10.6 Å². The summed E-state index contributed by atoms with van der Waals surface area (Å²) in [6.07, 6.45) is 0. The summed E-state index contributed by atoms with van der Waals surface area (Å²) in [6, 6.07) is 1.78. The Balaban J connectivity index is 2.74. The third kappa shape index (κ3) is 3.77. The minimum absolute atomic E-state index is 0.0527. The molecule has 18 heavy (non-hydrogen) atoms. The second-order valence-electron chi connectivity index (χ2n) is 5.72. The molecule has 0 aromatic carbocycles. The summed E-state index contributed by atoms with van der Waals surface area (Å²) in [5.41, 5.74) is -0.107. The van der Waals surface area contributed by atoms with E-state index in [0.717, 1.165) is 11.5 Å². The zero-order valence-corrected chi connectivity index (χ0v) is 12.8. The minimum Gasteiger partial charge on any atom is -0.359 e. The van der Waals surface area contributed by atoms with Crippen LogP contribution in [0.1, 0.15) is 47.3 Å². The average molecular weight is 270 g/mol. The van der Waals surface area contributed by atoms with Crippen LogP contribution in [0.3, 0.4) is 0 Å². The SMILES string of the molecule is CCSC(C)(C)C(=O)Nc1cc(C(C)(C)C)on1. The topological polar surface area (TPSA) is 55.1 Å². The van der Waals surface area contributed by atoms with Crippen LogP contribution in [0.4, 0.5) is 5.82 Å². The number of nitrogens with zero attached hydrogens (tertiary/aromatic N) is 1. The van der Waals surface area contributed by atoms with Gasteiger partial charge in [0.05, 0.1) is 4.75 Å². The van der Waals surface area contributed by atoms with Crippen molar-refractivity contribution in [2.45, 2.75) is 51.7 Å². The van der Waals surface area contributed by atoms with Crippen LogP contribution in [0, 0.1) is 0 Å². The summed E-state index contributed by atoms with van der Waals surface area (Å²) in [6.45, 7) is 12.0. The molecule has 1 aromatic heterocycles. The molecule has 0 atom stereocenters. The molecule has 102 valence electrons. The van der Waals surface area contributed by atoms with Crippen LogP contribution < -0.4 is 5.32 Å². The lowest BCUT2D eigenvalue weighted by Gasteiger charge is -2.21. The summed E-state index contributed by atoms with van der Waals surface area (Å²) in [7, 11) is 0. The first-order valence-corrected chi connectivity index (χ1v) is 7.08. The summed E-state index contributed by atoms with van der Waals surface area (Å²) in [4.78, 5) is 12.1. The van der Waals surface area contributed by atoms with Gasteiger partial charge < -0.3 is 9.84 Å². The molecule has 0 saturated carbocycles. The third-order valence-corrected chi connectivity index (χ3v) is 3.74. The van der Waals surface area contributed by atoms with E-state index in [1.54, 1.807) is 17.8 Å². The molecule has 1 heterocycles. The van der Waals surface area contributed by atoms with E-state index in [9.17, 15) is 4.79 Å². The van der Waals surface area contributed by atoms with E-state index < -0.39 is 4.75 Å². The number of hydrogen-bond acceptors (Lipinski definition) is 4. The molecule has 1 N–H and O–H groups in total. The quantitative estimate of drug-likeness (QED) is 0.910. The van der Waals surface area contributed by atoms with Gasteiger partial charge in [0.15, 0.2) is 5.82 Å². The predicted molar refractivity (Wildman–Crippen MR) is 76.0 cm³/mol. The number of aromatic nitrogens is 1. The van der Waals surface area contributed by atoms with Crippen LogP contribution in [0.2, 0.25) is 0 Å². The Hall–Kier alpha value is -0.970. The molecule has 0 radical (unpaired) electrons. The van der Waals surface area contributed by atoms with E-state index in [4.69, 9.17) is 4.52 Å². The number of hydrogen-bond donors (Lipinski definition) is 1. The van der Waals surface area contributed by atoms with Gasteiger partial charge in [-0.2, -0.15) is 0 Å². The lowest BCUT2D eigenvalue weighted by Crippen LogP contribution is -2.34. The molecular weight excluding hydrogens is 248 g/mol. The van der Waals surface area contributed by atoms with Crippen LogP contribution >= 0.6 is 11.8 Å². The van der Waals surface area contributed by atoms with Gasteiger partial charge in [-0.1, -0.05) is 32.9 Å². The Morgan fingerprint density at radius 1 is 1.39 bits per heavy atom. The highest BCUT2D eigenvalue weighted by Gasteiger charge is 2.29. The fourth-order valence-electron chi connectivity index (χ4n) is 1.38. The van der Waals surface area contributed by atoms with E-state index in [-0.39, 0.29) is 11.3 Å². The first kappa shape index (κ1) is 15.1. The van der Waals surface area contributed by atoms with Gasteiger partial charge >= 0.3 is 0 Å². The number of nitrogens with one attached hydrogen (secondary N) is 1. The second-order valence-corrected chi connectivity index (χ2v) is 7.61. The van der Waals surface area contributed by atoms with E-state index in [1.165, 1.54) is 0 Å². The average Bonchev–Trinajstić information content (AvgIpc) is 2.65. The molecule has 4 nitrogen and oxygen atoms in total. The van der Waals surface area contributed by atoms with Crippen LogP contribution in [-0.2, 0) is 10.2 Å². The van der Waals surface area contributed by atoms with Crippen molar-refractivity contribution in [1.82, 2.24) is 5.16 Å². The van der Waals surface area contributed by atoms with Crippen molar-refractivity contribution in [1.29, 1.82) is 0 Å². The summed E-state index contributed by atoms with van der Waals surface area (Å²) < 4.78 is 4.77. The van der Waals surface area contributed by atoms with Gasteiger partial charge in [0.25, 0.3) is 0 Å². The molecule has 0 fully saturated rings. The molecule has 5 heteroatoms. The monoisotopic (exact) mass is 270 g/mol. The molecule has 1 rings (SSSR count). The molecule has 0 aliphatic carbocycles. The lowest BCUT2D eigenvalue weighted by molar-refractivity contribution is -0.117. The highest BCUT2D eigenvalue weighted by molar-refractivity contribution is 8.01. The Morgan fingerprint density at radius 2 is 2.00 bits per heavy atom. The van der Waals surface area contributed by atoms with E-state index >= 15 is 0 Å². The van der Waals surface area contributed by atoms with Crippen molar-refractivity contribution < 1.29 is 9.32 Å². The van der Waals surface area contributed by atoms with E-state index in [1.807, 2.05) is 41.5 Å². The first-order chi connectivity index (χ1) is 8.16. The molecule has 0 bridgehead atoms. The summed E-state index contributed by atoms with van der Waals surface area (Å²) in [5, 5.41) is 6.67. The van der Waals surface area contributed by atoms with Gasteiger partial charge in [-0.25, -0.2) is 0 Å². The molecule has 0 aliphatic heterocycles. The second kappa shape index (κ2) is 5.34. The summed E-state index contributed by atoms with van der Waals surface area (Å²) >= 11 is 1.60. The molecule has 0 saturated heterocycles. The van der Waals surface area contributed by atoms with Crippen LogP contribution in [-0.4, -0.2) is 21.6 Å². The fourth-order valence-corrected chi connectivity index (χ4v) is 2.28. The van der Waals surface area contributed by atoms with Crippen molar-refractivity contribution >= 4 is 23.5 Å². The maximum absolute atomic E-state index is 12.1. The number of thioether (sulfide) groups is 1. The number of carbonyl (C=O) groups is 1. The zero-order valence-electron chi connectivity index (χ0n) is 12.0. The highest BCUT2D eigenvalue weighted by Crippen LogP contribution is 2.27. The Labute approximate surface area is 113 Å². The Kier molecular flexibility index (Phi) is 4.48. The highest BCUT2D eigenvalue weighted by atomic mass is 32.2. The maximum atomic E-state index is 12.1. The third-order valence-electron chi connectivity index (χ3n) is 2.54. The van der Waals surface area contributed by atoms with Crippen LogP contribution in [0.5, 0.6) is 0 Å². The van der Waals surface area contributed by atoms with E-state index in [0.29, 0.717) is 5.82 Å². The number of amides is 1. The van der Waals surface area contributed by atoms with Crippen molar-refractivity contribution in [2.75, 3.05) is 11.1 Å². The normalized spacial score (nSPS) is 12.6. The Morgan fingerprint density at radius 3 is 2.44 bits per heavy atom. The lowest BCUT2D eigenvalue weighted by atomic mass is 9.93. The largest absolute Gasteiger partial charge is 0.359 e. The van der Waals surface area contributed by atoms with Crippen molar-refractivity contribution in [3.63, 3.8) is 0 Å². The van der Waals surface area contributed by atoms with Gasteiger partial charge in [-0.15, -0.1) is 11.8 Å². The van der Waals surface area contributed by atoms with Gasteiger partial charge in [0, 0.05) is 11.5 Å². The van der Waals surface area contributed by atoms with Gasteiger partial charge in [-0.3, -0.25) is 4.79 Å². The minimum atomic E-state index is -0.463. The molecule has 0 spiro atoms. The Bertz CT molecular complexity index is 419. The fraction of sp³-hybridized carbons (Fsp3) is 0.692. The van der Waals surface area contributed by atoms with E-state index in [2.05, 4.69) is 10.5 Å². The van der Waals surface area contributed by atoms with Crippen molar-refractivity contribution in [3.8, 4) is 0 Å². The molecule has 1 amide bonds. The first-order valence-electron chi connectivity index (χ1n) is 6.09. The molecular formula is C13H22N2O2S. The number of anilines is 1. The smallest absolute Gasteiger partial charge is 0.241 e.